The molecule has 0 radical (unpaired) electrons. The van der Waals surface area contributed by atoms with Crippen LogP contribution in [0.15, 0.2) is 0 Å². The van der Waals surface area contributed by atoms with Crippen LogP contribution in [0.25, 0.3) is 0 Å². The zero-order valence-electron chi connectivity index (χ0n) is 12.2. The zero-order chi connectivity index (χ0) is 12.2. The van der Waals surface area contributed by atoms with Gasteiger partial charge in [0.25, 0.3) is 0 Å². The minimum absolute atomic E-state index is 0.744. The van der Waals surface area contributed by atoms with Crippen molar-refractivity contribution in [3.8, 4) is 0 Å². The predicted molar refractivity (Wildman–Crippen MR) is 80.7 cm³/mol. The molecule has 0 N–H and O–H groups in total. The van der Waals surface area contributed by atoms with E-state index < -0.39 is 7.26 Å². The van der Waals surface area contributed by atoms with E-state index in [9.17, 15) is 0 Å². The van der Waals surface area contributed by atoms with Gasteiger partial charge >= 0.3 is 108 Å². The van der Waals surface area contributed by atoms with Crippen molar-refractivity contribution in [1.82, 2.24) is 0 Å². The second-order valence-electron chi connectivity index (χ2n) is 8.03. The van der Waals surface area contributed by atoms with Crippen molar-refractivity contribution in [2.45, 2.75) is 51.6 Å². The number of rotatable bonds is 4. The van der Waals surface area contributed by atoms with Crippen LogP contribution in [0.4, 0.5) is 0 Å². The third kappa shape index (κ3) is 1.99. The first kappa shape index (κ1) is 12.5. The molecule has 1 heterocycles. The van der Waals surface area contributed by atoms with Crippen LogP contribution in [0.5, 0.6) is 0 Å². The first-order valence-corrected chi connectivity index (χ1v) is 11.3. The van der Waals surface area contributed by atoms with E-state index >= 15 is 0 Å². The Bertz CT molecular complexity index is 296. The third-order valence-electron chi connectivity index (χ3n) is 6.63. The second-order valence-corrected chi connectivity index (χ2v) is 13.2. The van der Waals surface area contributed by atoms with Crippen LogP contribution >= 0.6 is 7.26 Å². The molecule has 6 atom stereocenters. The van der Waals surface area contributed by atoms with Crippen molar-refractivity contribution in [1.29, 1.82) is 0 Å². The van der Waals surface area contributed by atoms with Crippen LogP contribution in [0.2, 0.25) is 0 Å². The maximum absolute atomic E-state index is 2.65. The van der Waals surface area contributed by atoms with E-state index in [2.05, 4.69) is 27.2 Å². The van der Waals surface area contributed by atoms with Gasteiger partial charge in [0.15, 0.2) is 0 Å². The molecule has 3 aliphatic rings. The van der Waals surface area contributed by atoms with E-state index in [1.54, 1.807) is 25.4 Å². The average Bonchev–Trinajstić information content (AvgIpc) is 2.91. The second kappa shape index (κ2) is 4.22. The summed E-state index contributed by atoms with van der Waals surface area (Å²) in [5.74, 6) is 5.70. The van der Waals surface area contributed by atoms with Gasteiger partial charge in [0.1, 0.15) is 0 Å². The van der Waals surface area contributed by atoms with Crippen LogP contribution in [0, 0.1) is 29.6 Å². The molecule has 1 aliphatic heterocycles. The monoisotopic (exact) mass is 254 g/mol. The summed E-state index contributed by atoms with van der Waals surface area (Å²) in [6.45, 7) is 10.2. The van der Waals surface area contributed by atoms with Crippen LogP contribution in [-0.2, 0) is 0 Å². The molecule has 3 rings (SSSR count). The van der Waals surface area contributed by atoms with Crippen molar-refractivity contribution in [3.05, 3.63) is 0 Å². The van der Waals surface area contributed by atoms with E-state index in [0.29, 0.717) is 0 Å². The van der Waals surface area contributed by atoms with Gasteiger partial charge in [0, 0.05) is 0 Å². The van der Waals surface area contributed by atoms with Crippen molar-refractivity contribution >= 4 is 7.26 Å². The summed E-state index contributed by atoms with van der Waals surface area (Å²) in [7, 11) is -0.744. The first-order valence-electron chi connectivity index (χ1n) is 8.04. The Morgan fingerprint density at radius 1 is 1.12 bits per heavy atom. The molecule has 0 aromatic heterocycles. The Balaban J connectivity index is 1.54. The van der Waals surface area contributed by atoms with Gasteiger partial charge in [-0.3, -0.25) is 0 Å². The first-order chi connectivity index (χ1) is 8.04. The number of hydrogen-bond donors (Lipinski definition) is 0. The van der Waals surface area contributed by atoms with Crippen LogP contribution in [0.3, 0.4) is 0 Å². The molecule has 6 unspecified atom stereocenters. The summed E-state index contributed by atoms with van der Waals surface area (Å²) in [5, 5.41) is 0. The number of fused-ring (bicyclic) bond motifs is 1. The molecular formula is C16H31P. The van der Waals surface area contributed by atoms with Gasteiger partial charge in [-0.05, 0) is 0 Å². The average molecular weight is 254 g/mol. The topological polar surface area (TPSA) is 0 Å². The maximum atomic E-state index is 2.65. The molecule has 17 heavy (non-hydrogen) atoms. The Morgan fingerprint density at radius 3 is 2.53 bits per heavy atom. The normalized spacial score (nSPS) is 50.2. The Hall–Kier alpha value is 0.430. The van der Waals surface area contributed by atoms with Gasteiger partial charge in [-0.2, -0.15) is 0 Å². The van der Waals surface area contributed by atoms with Gasteiger partial charge in [-0.15, -0.1) is 0 Å². The molecular weight excluding hydrogens is 223 g/mol. The molecule has 1 saturated heterocycles. The van der Waals surface area contributed by atoms with E-state index in [-0.39, 0.29) is 0 Å². The van der Waals surface area contributed by atoms with Crippen molar-refractivity contribution in [2.75, 3.05) is 19.5 Å². The quantitative estimate of drug-likeness (QED) is 0.649. The molecule has 0 aromatic carbocycles. The Labute approximate surface area is 108 Å². The summed E-state index contributed by atoms with van der Waals surface area (Å²) in [5.41, 5.74) is 1.23. The van der Waals surface area contributed by atoms with E-state index in [0.717, 1.165) is 11.8 Å². The molecule has 0 nitrogen and oxygen atoms in total. The minimum atomic E-state index is -0.744. The SMILES string of the molecule is CCCC(C)C1CC1C1CC2C1CC[PH]2(C)C. The summed E-state index contributed by atoms with van der Waals surface area (Å²) >= 11 is 0. The van der Waals surface area contributed by atoms with Crippen LogP contribution < -0.4 is 0 Å². The van der Waals surface area contributed by atoms with Crippen molar-refractivity contribution in [3.63, 3.8) is 0 Å². The van der Waals surface area contributed by atoms with E-state index in [4.69, 9.17) is 0 Å². The molecule has 1 heteroatoms. The summed E-state index contributed by atoms with van der Waals surface area (Å²) < 4.78 is 0. The molecule has 100 valence electrons. The fourth-order valence-electron chi connectivity index (χ4n) is 5.33. The molecule has 0 amide bonds. The van der Waals surface area contributed by atoms with Crippen LogP contribution in [-0.4, -0.2) is 25.2 Å². The zero-order valence-corrected chi connectivity index (χ0v) is 13.2. The Morgan fingerprint density at radius 2 is 1.88 bits per heavy atom. The molecule has 0 spiro atoms. The van der Waals surface area contributed by atoms with E-state index in [1.165, 1.54) is 36.3 Å². The molecule has 0 bridgehead atoms. The van der Waals surface area contributed by atoms with Gasteiger partial charge in [-0.25, -0.2) is 0 Å². The summed E-state index contributed by atoms with van der Waals surface area (Å²) in [4.78, 5) is 0. The van der Waals surface area contributed by atoms with E-state index in [1.807, 2.05) is 0 Å². The molecule has 3 fully saturated rings. The van der Waals surface area contributed by atoms with Gasteiger partial charge in [0.2, 0.25) is 0 Å². The van der Waals surface area contributed by atoms with Crippen molar-refractivity contribution in [2.24, 2.45) is 29.6 Å². The number of hydrogen-bond acceptors (Lipinski definition) is 0. The predicted octanol–water partition coefficient (Wildman–Crippen LogP) is 4.48. The van der Waals surface area contributed by atoms with Gasteiger partial charge < -0.3 is 0 Å². The summed E-state index contributed by atoms with van der Waals surface area (Å²) in [6, 6.07) is 0. The fraction of sp³-hybridized carbons (Fsp3) is 1.00. The fourth-order valence-corrected chi connectivity index (χ4v) is 9.26. The van der Waals surface area contributed by atoms with Gasteiger partial charge in [0.05, 0.1) is 0 Å². The standard InChI is InChI=1S/C16H31P/c1-5-6-11(2)13-9-14(13)15-10-16-12(15)7-8-17(16,3)4/h11-17H,5-10H2,1-4H3. The molecule has 2 saturated carbocycles. The molecule has 0 aromatic rings. The summed E-state index contributed by atoms with van der Waals surface area (Å²) in [6.07, 6.45) is 9.35. The van der Waals surface area contributed by atoms with Crippen LogP contribution in [0.1, 0.15) is 46.0 Å². The third-order valence-corrected chi connectivity index (χ3v) is 10.9. The Kier molecular flexibility index (Phi) is 3.10. The van der Waals surface area contributed by atoms with Crippen molar-refractivity contribution < 1.29 is 0 Å². The van der Waals surface area contributed by atoms with Gasteiger partial charge in [-0.1, -0.05) is 0 Å². The molecule has 2 aliphatic carbocycles.